The van der Waals surface area contributed by atoms with Crippen molar-refractivity contribution >= 4 is 17.5 Å². The van der Waals surface area contributed by atoms with Crippen LogP contribution < -0.4 is 10.1 Å². The molecule has 1 aromatic heterocycles. The van der Waals surface area contributed by atoms with E-state index in [4.69, 9.17) is 16.3 Å². The van der Waals surface area contributed by atoms with Gasteiger partial charge in [0, 0.05) is 16.8 Å². The lowest BCUT2D eigenvalue weighted by Crippen LogP contribution is -2.27. The maximum atomic E-state index is 12.7. The number of hydrogen-bond donors (Lipinski definition) is 1. The van der Waals surface area contributed by atoms with E-state index in [1.807, 2.05) is 61.5 Å². The summed E-state index contributed by atoms with van der Waals surface area (Å²) in [5.41, 5.74) is 2.14. The fourth-order valence-corrected chi connectivity index (χ4v) is 2.72. The van der Waals surface area contributed by atoms with Gasteiger partial charge in [-0.1, -0.05) is 48.0 Å². The number of ether oxygens (including phenoxy) is 1. The first-order valence-electron chi connectivity index (χ1n) is 8.32. The van der Waals surface area contributed by atoms with E-state index in [1.165, 1.54) is 0 Å². The second-order valence-electron chi connectivity index (χ2n) is 5.83. The van der Waals surface area contributed by atoms with Crippen LogP contribution in [0, 0.1) is 0 Å². The number of hydrogen-bond acceptors (Lipinski definition) is 3. The Balaban J connectivity index is 1.72. The van der Waals surface area contributed by atoms with Crippen molar-refractivity contribution in [1.82, 2.24) is 10.3 Å². The zero-order valence-electron chi connectivity index (χ0n) is 14.4. The van der Waals surface area contributed by atoms with Crippen LogP contribution in [0.3, 0.4) is 0 Å². The number of para-hydroxylation sites is 1. The fraction of sp³-hybridized carbons (Fsp3) is 0.143. The molecule has 0 saturated heterocycles. The van der Waals surface area contributed by atoms with E-state index < -0.39 is 0 Å². The van der Waals surface area contributed by atoms with Gasteiger partial charge in [0.05, 0.1) is 17.3 Å². The monoisotopic (exact) mass is 366 g/mol. The average molecular weight is 367 g/mol. The van der Waals surface area contributed by atoms with Gasteiger partial charge in [0.2, 0.25) is 0 Å². The van der Waals surface area contributed by atoms with Crippen LogP contribution in [0.2, 0.25) is 5.02 Å². The van der Waals surface area contributed by atoms with Crippen LogP contribution >= 0.6 is 11.6 Å². The number of benzene rings is 2. The molecule has 0 aliphatic heterocycles. The number of carbonyl (C=O) groups excluding carboxylic acids is 1. The number of aromatic nitrogens is 1. The first-order valence-corrected chi connectivity index (χ1v) is 8.70. The van der Waals surface area contributed by atoms with Crippen molar-refractivity contribution < 1.29 is 9.53 Å². The van der Waals surface area contributed by atoms with Gasteiger partial charge in [0.1, 0.15) is 12.4 Å². The summed E-state index contributed by atoms with van der Waals surface area (Å²) >= 11 is 6.16. The summed E-state index contributed by atoms with van der Waals surface area (Å²) in [6.07, 6.45) is 1.71. The highest BCUT2D eigenvalue weighted by Crippen LogP contribution is 2.22. The summed E-state index contributed by atoms with van der Waals surface area (Å²) in [5.74, 6) is 0.302. The normalized spacial score (nSPS) is 11.6. The number of rotatable bonds is 6. The highest BCUT2D eigenvalue weighted by molar-refractivity contribution is 6.31. The molecule has 1 atom stereocenters. The molecule has 0 fully saturated rings. The number of pyridine rings is 1. The van der Waals surface area contributed by atoms with Gasteiger partial charge in [-0.05, 0) is 37.3 Å². The molecule has 1 amide bonds. The molecule has 0 saturated carbocycles. The largest absolute Gasteiger partial charge is 0.488 e. The maximum absolute atomic E-state index is 12.7. The minimum atomic E-state index is -0.210. The summed E-state index contributed by atoms with van der Waals surface area (Å²) in [4.78, 5) is 17.0. The summed E-state index contributed by atoms with van der Waals surface area (Å²) in [5, 5.41) is 3.59. The lowest BCUT2D eigenvalue weighted by Gasteiger charge is -2.16. The summed E-state index contributed by atoms with van der Waals surface area (Å²) < 4.78 is 5.85. The molecule has 0 bridgehead atoms. The van der Waals surface area contributed by atoms with Gasteiger partial charge in [-0.3, -0.25) is 9.78 Å². The van der Waals surface area contributed by atoms with Crippen LogP contribution in [0.4, 0.5) is 0 Å². The standard InChI is InChI=1S/C21H19ClN2O2/c1-15(19-11-6-7-13-23-19)24-21(25)17-9-3-5-12-20(17)26-14-16-8-2-4-10-18(16)22/h2-13,15H,14H2,1H3,(H,24,25). The molecule has 26 heavy (non-hydrogen) atoms. The van der Waals surface area contributed by atoms with E-state index in [0.717, 1.165) is 11.3 Å². The predicted octanol–water partition coefficient (Wildman–Crippen LogP) is 4.81. The van der Waals surface area contributed by atoms with E-state index in [9.17, 15) is 4.79 Å². The average Bonchev–Trinajstić information content (AvgIpc) is 2.68. The van der Waals surface area contributed by atoms with E-state index >= 15 is 0 Å². The van der Waals surface area contributed by atoms with Crippen LogP contribution in [0.15, 0.2) is 72.9 Å². The lowest BCUT2D eigenvalue weighted by molar-refractivity contribution is 0.0934. The summed E-state index contributed by atoms with van der Waals surface area (Å²) in [6, 6.07) is 20.0. The topological polar surface area (TPSA) is 51.2 Å². The number of carbonyl (C=O) groups is 1. The zero-order chi connectivity index (χ0) is 18.4. The second kappa shape index (κ2) is 8.50. The van der Waals surface area contributed by atoms with E-state index in [2.05, 4.69) is 10.3 Å². The van der Waals surface area contributed by atoms with Gasteiger partial charge in [-0.2, -0.15) is 0 Å². The molecule has 1 unspecified atom stereocenters. The van der Waals surface area contributed by atoms with Crippen molar-refractivity contribution in [3.05, 3.63) is 94.8 Å². The number of nitrogens with zero attached hydrogens (tertiary/aromatic N) is 1. The highest BCUT2D eigenvalue weighted by atomic mass is 35.5. The maximum Gasteiger partial charge on any atom is 0.255 e. The quantitative estimate of drug-likeness (QED) is 0.681. The van der Waals surface area contributed by atoms with Crippen molar-refractivity contribution in [2.24, 2.45) is 0 Å². The van der Waals surface area contributed by atoms with Gasteiger partial charge in [0.25, 0.3) is 5.91 Å². The molecular weight excluding hydrogens is 348 g/mol. The summed E-state index contributed by atoms with van der Waals surface area (Å²) in [6.45, 7) is 2.19. The van der Waals surface area contributed by atoms with Crippen LogP contribution in [-0.2, 0) is 6.61 Å². The third kappa shape index (κ3) is 4.41. The van der Waals surface area contributed by atoms with Crippen LogP contribution in [-0.4, -0.2) is 10.9 Å². The van der Waals surface area contributed by atoms with Gasteiger partial charge in [0.15, 0.2) is 0 Å². The first kappa shape index (κ1) is 18.0. The molecule has 1 heterocycles. The Hall–Kier alpha value is -2.85. The Morgan fingerprint density at radius 3 is 2.58 bits per heavy atom. The van der Waals surface area contributed by atoms with Gasteiger partial charge < -0.3 is 10.1 Å². The Bertz CT molecular complexity index is 884. The molecule has 0 radical (unpaired) electrons. The van der Waals surface area contributed by atoms with Crippen molar-refractivity contribution in [2.45, 2.75) is 19.6 Å². The van der Waals surface area contributed by atoms with Crippen LogP contribution in [0.1, 0.15) is 34.6 Å². The molecule has 0 spiro atoms. The van der Waals surface area contributed by atoms with Gasteiger partial charge >= 0.3 is 0 Å². The number of amides is 1. The zero-order valence-corrected chi connectivity index (χ0v) is 15.1. The Labute approximate surface area is 157 Å². The number of nitrogens with one attached hydrogen (secondary N) is 1. The van der Waals surface area contributed by atoms with Crippen LogP contribution in [0.25, 0.3) is 0 Å². The Kier molecular flexibility index (Phi) is 5.87. The van der Waals surface area contributed by atoms with Gasteiger partial charge in [-0.25, -0.2) is 0 Å². The van der Waals surface area contributed by atoms with Gasteiger partial charge in [-0.15, -0.1) is 0 Å². The molecule has 5 heteroatoms. The minimum Gasteiger partial charge on any atom is -0.488 e. The number of halogens is 1. The molecule has 1 N–H and O–H groups in total. The van der Waals surface area contributed by atoms with E-state index in [-0.39, 0.29) is 11.9 Å². The van der Waals surface area contributed by atoms with E-state index in [0.29, 0.717) is 22.9 Å². The minimum absolute atomic E-state index is 0.208. The van der Waals surface area contributed by atoms with Crippen molar-refractivity contribution in [3.8, 4) is 5.75 Å². The van der Waals surface area contributed by atoms with Crippen molar-refractivity contribution in [3.63, 3.8) is 0 Å². The fourth-order valence-electron chi connectivity index (χ4n) is 2.53. The SMILES string of the molecule is CC(NC(=O)c1ccccc1OCc1ccccc1Cl)c1ccccn1. The molecule has 2 aromatic carbocycles. The Morgan fingerprint density at radius 2 is 1.81 bits per heavy atom. The molecular formula is C21H19ClN2O2. The molecule has 0 aliphatic rings. The predicted molar refractivity (Wildman–Crippen MR) is 102 cm³/mol. The third-order valence-corrected chi connectivity index (χ3v) is 4.32. The first-order chi connectivity index (χ1) is 12.6. The molecule has 0 aliphatic carbocycles. The van der Waals surface area contributed by atoms with Crippen molar-refractivity contribution in [2.75, 3.05) is 0 Å². The highest BCUT2D eigenvalue weighted by Gasteiger charge is 2.16. The summed E-state index contributed by atoms with van der Waals surface area (Å²) in [7, 11) is 0. The van der Waals surface area contributed by atoms with Crippen molar-refractivity contribution in [1.29, 1.82) is 0 Å². The smallest absolute Gasteiger partial charge is 0.255 e. The lowest BCUT2D eigenvalue weighted by atomic mass is 10.1. The van der Waals surface area contributed by atoms with Crippen LogP contribution in [0.5, 0.6) is 5.75 Å². The molecule has 3 rings (SSSR count). The Morgan fingerprint density at radius 1 is 1.08 bits per heavy atom. The van der Waals surface area contributed by atoms with E-state index in [1.54, 1.807) is 18.3 Å². The third-order valence-electron chi connectivity index (χ3n) is 3.95. The molecule has 4 nitrogen and oxygen atoms in total. The molecule has 3 aromatic rings. The second-order valence-corrected chi connectivity index (χ2v) is 6.23. The molecule has 132 valence electrons.